The predicted octanol–water partition coefficient (Wildman–Crippen LogP) is 1.10. The van der Waals surface area contributed by atoms with E-state index in [1.54, 1.807) is 13.3 Å². The molecule has 98 valence electrons. The topological polar surface area (TPSA) is 111 Å². The first-order chi connectivity index (χ1) is 9.17. The average molecular weight is 258 g/mol. The Hall–Kier alpha value is -2.83. The second-order valence-corrected chi connectivity index (χ2v) is 3.68. The molecule has 0 saturated heterocycles. The molecule has 0 unspecified atom stereocenters. The fourth-order valence-corrected chi connectivity index (χ4v) is 1.39. The standard InChI is InChI=1S/C12H14N6O/c1-19-9-4-2-8(3-5-9)7-15-18-12-16-10(13)6-11(14)17-12/h2-7H,1H3,(H5,13,14,16,17,18)/b15-7-. The Morgan fingerprint density at radius 2 is 1.79 bits per heavy atom. The normalized spacial score (nSPS) is 10.6. The van der Waals surface area contributed by atoms with E-state index >= 15 is 0 Å². The lowest BCUT2D eigenvalue weighted by molar-refractivity contribution is 0.415. The van der Waals surface area contributed by atoms with E-state index < -0.39 is 0 Å². The third-order valence-corrected chi connectivity index (χ3v) is 2.26. The molecule has 2 aromatic rings. The van der Waals surface area contributed by atoms with Gasteiger partial charge in [0.25, 0.3) is 0 Å². The summed E-state index contributed by atoms with van der Waals surface area (Å²) in [5.41, 5.74) is 14.6. The zero-order valence-corrected chi connectivity index (χ0v) is 10.4. The summed E-state index contributed by atoms with van der Waals surface area (Å²) in [6, 6.07) is 8.90. The molecular formula is C12H14N6O. The van der Waals surface area contributed by atoms with Gasteiger partial charge in [0, 0.05) is 6.07 Å². The minimum atomic E-state index is 0.252. The van der Waals surface area contributed by atoms with Crippen molar-refractivity contribution in [3.8, 4) is 5.75 Å². The minimum Gasteiger partial charge on any atom is -0.497 e. The Morgan fingerprint density at radius 3 is 2.37 bits per heavy atom. The minimum absolute atomic E-state index is 0.252. The molecule has 0 radical (unpaired) electrons. The number of nitrogens with one attached hydrogen (secondary N) is 1. The van der Waals surface area contributed by atoms with Crippen LogP contribution in [0.3, 0.4) is 0 Å². The summed E-state index contributed by atoms with van der Waals surface area (Å²) < 4.78 is 5.06. The summed E-state index contributed by atoms with van der Waals surface area (Å²) in [6.07, 6.45) is 1.63. The zero-order chi connectivity index (χ0) is 13.7. The molecule has 5 N–H and O–H groups in total. The zero-order valence-electron chi connectivity index (χ0n) is 10.4. The number of rotatable bonds is 4. The van der Waals surface area contributed by atoms with Gasteiger partial charge in [-0.3, -0.25) is 0 Å². The molecule has 1 aromatic carbocycles. The SMILES string of the molecule is COc1ccc(/C=N\Nc2nc(N)cc(N)n2)cc1. The fourth-order valence-electron chi connectivity index (χ4n) is 1.39. The Bertz CT molecular complexity index is 561. The molecule has 2 rings (SSSR count). The van der Waals surface area contributed by atoms with Crippen LogP contribution >= 0.6 is 0 Å². The number of hydrogen-bond donors (Lipinski definition) is 3. The highest BCUT2D eigenvalue weighted by Gasteiger charge is 1.97. The van der Waals surface area contributed by atoms with Crippen LogP contribution in [-0.2, 0) is 0 Å². The first-order valence-corrected chi connectivity index (χ1v) is 5.50. The molecule has 0 aliphatic heterocycles. The number of benzene rings is 1. The van der Waals surface area contributed by atoms with Crippen LogP contribution in [-0.4, -0.2) is 23.3 Å². The largest absolute Gasteiger partial charge is 0.497 e. The molecule has 0 amide bonds. The summed E-state index contributed by atoms with van der Waals surface area (Å²) in [5.74, 6) is 1.61. The number of ether oxygens (including phenoxy) is 1. The van der Waals surface area contributed by atoms with Gasteiger partial charge >= 0.3 is 0 Å². The molecule has 7 nitrogen and oxygen atoms in total. The van der Waals surface area contributed by atoms with E-state index in [1.165, 1.54) is 6.07 Å². The van der Waals surface area contributed by atoms with Gasteiger partial charge in [0.05, 0.1) is 13.3 Å². The number of hydrazone groups is 1. The second kappa shape index (κ2) is 5.67. The first-order valence-electron chi connectivity index (χ1n) is 5.50. The third kappa shape index (κ3) is 3.56. The molecule has 19 heavy (non-hydrogen) atoms. The molecule has 0 saturated carbocycles. The molecule has 0 aliphatic rings. The van der Waals surface area contributed by atoms with E-state index in [1.807, 2.05) is 24.3 Å². The number of methoxy groups -OCH3 is 1. The van der Waals surface area contributed by atoms with Crippen molar-refractivity contribution >= 4 is 23.8 Å². The Kier molecular flexibility index (Phi) is 3.77. The van der Waals surface area contributed by atoms with Crippen molar-refractivity contribution in [2.75, 3.05) is 24.0 Å². The Labute approximate surface area is 110 Å². The quantitative estimate of drug-likeness (QED) is 0.559. The van der Waals surface area contributed by atoms with Gasteiger partial charge in [-0.05, 0) is 29.8 Å². The summed E-state index contributed by atoms with van der Waals surface area (Å²) in [6.45, 7) is 0. The van der Waals surface area contributed by atoms with Crippen molar-refractivity contribution in [1.29, 1.82) is 0 Å². The molecule has 7 heteroatoms. The molecule has 0 atom stereocenters. The fraction of sp³-hybridized carbons (Fsp3) is 0.0833. The Balaban J connectivity index is 2.02. The molecule has 1 aromatic heterocycles. The molecule has 0 aliphatic carbocycles. The Morgan fingerprint density at radius 1 is 1.16 bits per heavy atom. The van der Waals surface area contributed by atoms with Crippen molar-refractivity contribution in [2.45, 2.75) is 0 Å². The maximum absolute atomic E-state index is 5.54. The van der Waals surface area contributed by atoms with E-state index in [0.29, 0.717) is 0 Å². The van der Waals surface area contributed by atoms with Gasteiger partial charge in [-0.2, -0.15) is 15.1 Å². The molecule has 1 heterocycles. The average Bonchev–Trinajstić information content (AvgIpc) is 2.38. The lowest BCUT2D eigenvalue weighted by Crippen LogP contribution is -2.03. The van der Waals surface area contributed by atoms with Crippen molar-refractivity contribution in [2.24, 2.45) is 5.10 Å². The van der Waals surface area contributed by atoms with Gasteiger partial charge in [0.1, 0.15) is 17.4 Å². The summed E-state index contributed by atoms with van der Waals surface area (Å²) >= 11 is 0. The van der Waals surface area contributed by atoms with Crippen LogP contribution < -0.4 is 21.6 Å². The van der Waals surface area contributed by atoms with E-state index in [-0.39, 0.29) is 17.6 Å². The van der Waals surface area contributed by atoms with Crippen LogP contribution in [0.5, 0.6) is 5.75 Å². The van der Waals surface area contributed by atoms with E-state index in [4.69, 9.17) is 16.2 Å². The number of nitrogen functional groups attached to an aromatic ring is 2. The molecule has 0 bridgehead atoms. The van der Waals surface area contributed by atoms with Crippen LogP contribution in [0.25, 0.3) is 0 Å². The predicted molar refractivity (Wildman–Crippen MR) is 75.1 cm³/mol. The van der Waals surface area contributed by atoms with Crippen LogP contribution in [0.15, 0.2) is 35.4 Å². The van der Waals surface area contributed by atoms with E-state index in [9.17, 15) is 0 Å². The maximum atomic E-state index is 5.54. The van der Waals surface area contributed by atoms with Crippen LogP contribution in [0.1, 0.15) is 5.56 Å². The van der Waals surface area contributed by atoms with E-state index in [2.05, 4.69) is 20.5 Å². The monoisotopic (exact) mass is 258 g/mol. The first kappa shape index (κ1) is 12.6. The van der Waals surface area contributed by atoms with Crippen molar-refractivity contribution in [1.82, 2.24) is 9.97 Å². The number of nitrogens with two attached hydrogens (primary N) is 2. The number of nitrogens with zero attached hydrogens (tertiary/aromatic N) is 3. The van der Waals surface area contributed by atoms with E-state index in [0.717, 1.165) is 11.3 Å². The lowest BCUT2D eigenvalue weighted by Gasteiger charge is -2.01. The van der Waals surface area contributed by atoms with Gasteiger partial charge < -0.3 is 16.2 Å². The highest BCUT2D eigenvalue weighted by molar-refractivity contribution is 5.80. The van der Waals surface area contributed by atoms with Crippen LogP contribution in [0, 0.1) is 0 Å². The van der Waals surface area contributed by atoms with Gasteiger partial charge in [0.2, 0.25) is 5.95 Å². The number of aromatic nitrogens is 2. The van der Waals surface area contributed by atoms with Crippen molar-refractivity contribution in [3.63, 3.8) is 0 Å². The van der Waals surface area contributed by atoms with Gasteiger partial charge in [-0.15, -0.1) is 0 Å². The number of hydrogen-bond acceptors (Lipinski definition) is 7. The highest BCUT2D eigenvalue weighted by atomic mass is 16.5. The van der Waals surface area contributed by atoms with Gasteiger partial charge in [0.15, 0.2) is 0 Å². The van der Waals surface area contributed by atoms with Crippen LogP contribution in [0.4, 0.5) is 17.6 Å². The molecular weight excluding hydrogens is 244 g/mol. The van der Waals surface area contributed by atoms with Crippen molar-refractivity contribution in [3.05, 3.63) is 35.9 Å². The summed E-state index contributed by atoms with van der Waals surface area (Å²) in [7, 11) is 1.62. The lowest BCUT2D eigenvalue weighted by atomic mass is 10.2. The summed E-state index contributed by atoms with van der Waals surface area (Å²) in [5, 5.41) is 4.00. The molecule has 0 fully saturated rings. The smallest absolute Gasteiger partial charge is 0.247 e. The second-order valence-electron chi connectivity index (χ2n) is 3.68. The number of anilines is 3. The van der Waals surface area contributed by atoms with Crippen LogP contribution in [0.2, 0.25) is 0 Å². The summed E-state index contributed by atoms with van der Waals surface area (Å²) in [4.78, 5) is 7.87. The highest BCUT2D eigenvalue weighted by Crippen LogP contribution is 2.10. The third-order valence-electron chi connectivity index (χ3n) is 2.26. The van der Waals surface area contributed by atoms with Crippen molar-refractivity contribution < 1.29 is 4.74 Å². The molecule has 0 spiro atoms. The van der Waals surface area contributed by atoms with Gasteiger partial charge in [-0.1, -0.05) is 0 Å². The van der Waals surface area contributed by atoms with Gasteiger partial charge in [-0.25, -0.2) is 5.43 Å². The maximum Gasteiger partial charge on any atom is 0.247 e.